The van der Waals surface area contributed by atoms with Crippen LogP contribution >= 0.6 is 35.0 Å². The summed E-state index contributed by atoms with van der Waals surface area (Å²) in [5.41, 5.74) is -5.85. The molecular formula is C16H14Cl2F3O2S-. The Morgan fingerprint density at radius 1 is 1.38 bits per heavy atom. The van der Waals surface area contributed by atoms with Crippen molar-refractivity contribution in [2.75, 3.05) is 0 Å². The number of halogens is 5. The minimum Gasteiger partial charge on any atom is -0.549 e. The number of carboxylic acids is 1. The number of allylic oxidation sites excluding steroid dienone is 1. The van der Waals surface area contributed by atoms with E-state index in [1.807, 2.05) is 0 Å². The monoisotopic (exact) mass is 397 g/mol. The van der Waals surface area contributed by atoms with E-state index in [0.29, 0.717) is 5.56 Å². The second kappa shape index (κ2) is 6.46. The predicted molar refractivity (Wildman–Crippen MR) is 86.6 cm³/mol. The highest BCUT2D eigenvalue weighted by Gasteiger charge is 2.70. The Balaban J connectivity index is 2.33. The Morgan fingerprint density at radius 3 is 2.50 bits per heavy atom. The van der Waals surface area contributed by atoms with E-state index in [1.54, 1.807) is 19.9 Å². The Hall–Kier alpha value is -0.850. The van der Waals surface area contributed by atoms with E-state index in [9.17, 15) is 23.1 Å². The third kappa shape index (κ3) is 3.70. The van der Waals surface area contributed by atoms with E-state index in [0.717, 1.165) is 0 Å². The summed E-state index contributed by atoms with van der Waals surface area (Å²) in [6, 6.07) is 5.75. The molecule has 1 saturated carbocycles. The number of alkyl halides is 3. The molecule has 2 nitrogen and oxygen atoms in total. The van der Waals surface area contributed by atoms with Gasteiger partial charge in [0.05, 0.1) is 0 Å². The molecule has 0 aliphatic heterocycles. The summed E-state index contributed by atoms with van der Waals surface area (Å²) in [5.74, 6) is -1.73. The number of hydrogen-bond donors (Lipinski definition) is 0. The maximum Gasteiger partial charge on any atom is 0.446 e. The third-order valence-electron chi connectivity index (χ3n) is 4.65. The summed E-state index contributed by atoms with van der Waals surface area (Å²) < 4.78 is 37.5. The molecule has 0 amide bonds. The van der Waals surface area contributed by atoms with Crippen LogP contribution in [0.5, 0.6) is 0 Å². The molecule has 2 atom stereocenters. The van der Waals surface area contributed by atoms with Gasteiger partial charge in [-0.15, -0.1) is 0 Å². The fourth-order valence-corrected chi connectivity index (χ4v) is 4.22. The van der Waals surface area contributed by atoms with Crippen LogP contribution in [0.1, 0.15) is 19.4 Å². The van der Waals surface area contributed by atoms with Crippen LogP contribution in [-0.4, -0.2) is 11.5 Å². The van der Waals surface area contributed by atoms with Crippen LogP contribution in [0, 0.1) is 16.7 Å². The van der Waals surface area contributed by atoms with Crippen molar-refractivity contribution >= 4 is 40.9 Å². The molecule has 1 aromatic rings. The lowest BCUT2D eigenvalue weighted by Gasteiger charge is -2.22. The van der Waals surface area contributed by atoms with Crippen LogP contribution in [0.2, 0.25) is 0 Å². The van der Waals surface area contributed by atoms with E-state index < -0.39 is 28.2 Å². The molecule has 0 N–H and O–H groups in total. The Labute approximate surface area is 152 Å². The van der Waals surface area contributed by atoms with Gasteiger partial charge in [-0.3, -0.25) is 0 Å². The topological polar surface area (TPSA) is 40.1 Å². The number of hydrogen-bond acceptors (Lipinski definition) is 3. The highest BCUT2D eigenvalue weighted by atomic mass is 35.5. The molecule has 1 aliphatic carbocycles. The molecule has 0 spiro atoms. The Kier molecular flexibility index (Phi) is 5.25. The molecule has 0 bridgehead atoms. The average Bonchev–Trinajstić information content (AvgIpc) is 2.84. The minimum atomic E-state index is -4.40. The van der Waals surface area contributed by atoms with Gasteiger partial charge in [-0.25, -0.2) is 0 Å². The maximum atomic E-state index is 12.5. The van der Waals surface area contributed by atoms with Crippen molar-refractivity contribution in [3.8, 4) is 0 Å². The summed E-state index contributed by atoms with van der Waals surface area (Å²) in [7, 11) is 0. The van der Waals surface area contributed by atoms with Crippen LogP contribution in [-0.2, 0) is 11.2 Å². The molecule has 132 valence electrons. The van der Waals surface area contributed by atoms with Gasteiger partial charge in [0, 0.05) is 16.3 Å². The van der Waals surface area contributed by atoms with Crippen molar-refractivity contribution in [3.63, 3.8) is 0 Å². The van der Waals surface area contributed by atoms with Gasteiger partial charge < -0.3 is 9.90 Å². The normalized spacial score (nSPS) is 25.2. The first-order chi connectivity index (χ1) is 10.9. The molecule has 0 saturated heterocycles. The molecule has 1 aliphatic rings. The van der Waals surface area contributed by atoms with Crippen molar-refractivity contribution in [2.24, 2.45) is 16.7 Å². The van der Waals surface area contributed by atoms with E-state index in [4.69, 9.17) is 23.2 Å². The van der Waals surface area contributed by atoms with Gasteiger partial charge in [-0.05, 0) is 53.3 Å². The van der Waals surface area contributed by atoms with E-state index in [2.05, 4.69) is 0 Å². The molecule has 0 aromatic heterocycles. The zero-order valence-corrected chi connectivity index (χ0v) is 15.1. The van der Waals surface area contributed by atoms with E-state index >= 15 is 0 Å². The lowest BCUT2D eigenvalue weighted by Crippen LogP contribution is -2.38. The number of carboxylic acid groups (broad SMARTS) is 1. The smallest absolute Gasteiger partial charge is 0.446 e. The summed E-state index contributed by atoms with van der Waals surface area (Å²) in [6.07, 6.45) is 1.49. The summed E-state index contributed by atoms with van der Waals surface area (Å²) in [5, 5.41) is 11.8. The van der Waals surface area contributed by atoms with Gasteiger partial charge in [0.1, 0.15) is 4.49 Å². The number of aliphatic carboxylic acids is 1. The molecule has 24 heavy (non-hydrogen) atoms. The lowest BCUT2D eigenvalue weighted by atomic mass is 9.88. The highest BCUT2D eigenvalue weighted by molar-refractivity contribution is 8.00. The fraction of sp³-hybridized carbons (Fsp3) is 0.438. The van der Waals surface area contributed by atoms with E-state index in [1.165, 1.54) is 24.3 Å². The Bertz CT molecular complexity index is 684. The molecule has 2 unspecified atom stereocenters. The minimum absolute atomic E-state index is 0.00872. The maximum absolute atomic E-state index is 12.5. The molecular weight excluding hydrogens is 384 g/mol. The lowest BCUT2D eigenvalue weighted by molar-refractivity contribution is -0.315. The van der Waals surface area contributed by atoms with Gasteiger partial charge >= 0.3 is 5.51 Å². The number of rotatable bonds is 5. The average molecular weight is 398 g/mol. The first kappa shape index (κ1) is 19.5. The molecule has 1 fully saturated rings. The third-order valence-corrected chi connectivity index (χ3v) is 5.62. The fourth-order valence-electron chi connectivity index (χ4n) is 3.35. The van der Waals surface area contributed by atoms with Crippen LogP contribution in [0.25, 0.3) is 0 Å². The zero-order valence-electron chi connectivity index (χ0n) is 12.8. The number of carbonyl (C=O) groups excluding carboxylic acids is 1. The number of benzene rings is 1. The van der Waals surface area contributed by atoms with Crippen LogP contribution in [0.15, 0.2) is 39.7 Å². The summed E-state index contributed by atoms with van der Waals surface area (Å²) >= 11 is 11.1. The van der Waals surface area contributed by atoms with Crippen molar-refractivity contribution in [2.45, 2.75) is 30.7 Å². The quantitative estimate of drug-likeness (QED) is 0.684. The molecule has 1 aromatic carbocycles. The predicted octanol–water partition coefficient (Wildman–Crippen LogP) is 4.55. The molecule has 2 rings (SSSR count). The molecule has 8 heteroatoms. The van der Waals surface area contributed by atoms with Crippen LogP contribution in [0.3, 0.4) is 0 Å². The molecule has 0 heterocycles. The summed E-state index contributed by atoms with van der Waals surface area (Å²) in [4.78, 5) is 11.8. The number of carbonyl (C=O) groups is 1. The number of thioether (sulfide) groups is 1. The highest BCUT2D eigenvalue weighted by Crippen LogP contribution is 2.71. The van der Waals surface area contributed by atoms with E-state index in [-0.39, 0.29) is 27.6 Å². The second-order valence-electron chi connectivity index (χ2n) is 6.29. The van der Waals surface area contributed by atoms with Gasteiger partial charge in [-0.2, -0.15) is 13.2 Å². The van der Waals surface area contributed by atoms with Crippen molar-refractivity contribution in [3.05, 3.63) is 40.4 Å². The SMILES string of the molecule is CC1(C)C(C=C(Cl)Cl)C1(Cc1cccc(SC(F)(F)F)c1)C(=O)[O-]. The second-order valence-corrected chi connectivity index (χ2v) is 8.43. The van der Waals surface area contributed by atoms with Crippen molar-refractivity contribution in [1.82, 2.24) is 0 Å². The van der Waals surface area contributed by atoms with Crippen LogP contribution in [0.4, 0.5) is 13.2 Å². The van der Waals surface area contributed by atoms with Crippen molar-refractivity contribution in [1.29, 1.82) is 0 Å². The van der Waals surface area contributed by atoms with Gasteiger partial charge in [-0.1, -0.05) is 49.2 Å². The first-order valence-electron chi connectivity index (χ1n) is 6.99. The standard InChI is InChI=1S/C16H15Cl2F3O2S/c1-14(2)11(7-12(17)18)15(14,13(22)23)8-9-4-3-5-10(6-9)24-16(19,20)21/h3-7,11H,8H2,1-2H3,(H,22,23)/p-1. The largest absolute Gasteiger partial charge is 0.549 e. The summed E-state index contributed by atoms with van der Waals surface area (Å²) in [6.45, 7) is 3.49. The Morgan fingerprint density at radius 2 is 2.00 bits per heavy atom. The van der Waals surface area contributed by atoms with Gasteiger partial charge in [0.25, 0.3) is 0 Å². The van der Waals surface area contributed by atoms with Gasteiger partial charge in [0.15, 0.2) is 0 Å². The zero-order chi connectivity index (χ0) is 18.3. The van der Waals surface area contributed by atoms with Crippen LogP contribution < -0.4 is 5.11 Å². The van der Waals surface area contributed by atoms with Crippen molar-refractivity contribution < 1.29 is 23.1 Å². The van der Waals surface area contributed by atoms with Gasteiger partial charge in [0.2, 0.25) is 0 Å². The first-order valence-corrected chi connectivity index (χ1v) is 8.56. The molecule has 0 radical (unpaired) electrons.